The maximum absolute atomic E-state index is 10.8. The second-order valence-electron chi connectivity index (χ2n) is 7.88. The van der Waals surface area contributed by atoms with Gasteiger partial charge in [-0.1, -0.05) is 57.3 Å². The topological polar surface area (TPSA) is 49.6 Å². The Labute approximate surface area is 165 Å². The van der Waals surface area contributed by atoms with E-state index < -0.39 is 0 Å². The molecule has 142 valence electrons. The Morgan fingerprint density at radius 2 is 1.52 bits per heavy atom. The zero-order valence-corrected chi connectivity index (χ0v) is 16.8. The van der Waals surface area contributed by atoms with Gasteiger partial charge in [0.2, 0.25) is 0 Å². The van der Waals surface area contributed by atoms with Crippen molar-refractivity contribution in [3.63, 3.8) is 0 Å². The van der Waals surface area contributed by atoms with Gasteiger partial charge < -0.3 is 9.80 Å². The molecule has 0 radical (unpaired) electrons. The van der Waals surface area contributed by atoms with Gasteiger partial charge in [-0.2, -0.15) is 0 Å². The normalized spacial score (nSPS) is 14.9. The van der Waals surface area contributed by atoms with Crippen LogP contribution in [-0.4, -0.2) is 41.0 Å². The minimum absolute atomic E-state index is 0.122. The predicted molar refractivity (Wildman–Crippen MR) is 114 cm³/mol. The molecule has 1 aliphatic rings. The molecule has 1 aliphatic heterocycles. The largest absolute Gasteiger partial charge is 0.368 e. The van der Waals surface area contributed by atoms with Crippen LogP contribution in [-0.2, 0) is 5.41 Å². The van der Waals surface area contributed by atoms with Gasteiger partial charge in [0.1, 0.15) is 4.99 Å². The molecule has 0 bridgehead atoms. The smallest absolute Gasteiger partial charge is 0.269 e. The van der Waals surface area contributed by atoms with Crippen molar-refractivity contribution in [3.05, 3.63) is 69.8 Å². The zero-order valence-electron chi connectivity index (χ0n) is 16.0. The first-order valence-electron chi connectivity index (χ1n) is 9.15. The molecular weight excluding hydrogens is 358 g/mol. The SMILES string of the molecule is CC(C)(C)c1ccc(C(=S)N2CCN(c3ccc([N+](=O)[O-])cc3)CC2)cc1. The van der Waals surface area contributed by atoms with E-state index in [0.29, 0.717) is 0 Å². The summed E-state index contributed by atoms with van der Waals surface area (Å²) < 4.78 is 0. The number of rotatable bonds is 3. The first kappa shape index (κ1) is 19.3. The summed E-state index contributed by atoms with van der Waals surface area (Å²) >= 11 is 5.71. The second-order valence-corrected chi connectivity index (χ2v) is 8.27. The van der Waals surface area contributed by atoms with Crippen molar-refractivity contribution in [2.45, 2.75) is 26.2 Å². The Hall–Kier alpha value is -2.47. The molecule has 0 unspecified atom stereocenters. The lowest BCUT2D eigenvalue weighted by Crippen LogP contribution is -2.48. The number of nitro groups is 1. The van der Waals surface area contributed by atoms with E-state index in [1.54, 1.807) is 12.1 Å². The molecule has 0 saturated carbocycles. The van der Waals surface area contributed by atoms with Crippen LogP contribution in [0.3, 0.4) is 0 Å². The molecule has 1 fully saturated rings. The highest BCUT2D eigenvalue weighted by Crippen LogP contribution is 2.24. The van der Waals surface area contributed by atoms with Crippen LogP contribution in [0, 0.1) is 10.1 Å². The number of non-ortho nitro benzene ring substituents is 1. The average Bonchev–Trinajstić information content (AvgIpc) is 2.67. The van der Waals surface area contributed by atoms with Crippen LogP contribution in [0.2, 0.25) is 0 Å². The minimum atomic E-state index is -0.370. The van der Waals surface area contributed by atoms with Crippen LogP contribution in [0.1, 0.15) is 31.9 Å². The Balaban J connectivity index is 1.61. The highest BCUT2D eigenvalue weighted by atomic mass is 32.1. The summed E-state index contributed by atoms with van der Waals surface area (Å²) in [5.74, 6) is 0. The predicted octanol–water partition coefficient (Wildman–Crippen LogP) is 4.39. The van der Waals surface area contributed by atoms with E-state index in [2.05, 4.69) is 54.8 Å². The molecule has 6 heteroatoms. The lowest BCUT2D eigenvalue weighted by atomic mass is 9.87. The Bertz CT molecular complexity index is 818. The lowest BCUT2D eigenvalue weighted by Gasteiger charge is -2.37. The van der Waals surface area contributed by atoms with Gasteiger partial charge >= 0.3 is 0 Å². The monoisotopic (exact) mass is 383 g/mol. The van der Waals surface area contributed by atoms with Crippen LogP contribution in [0.25, 0.3) is 0 Å². The molecule has 1 saturated heterocycles. The highest BCUT2D eigenvalue weighted by Gasteiger charge is 2.21. The van der Waals surface area contributed by atoms with Crippen molar-refractivity contribution in [2.75, 3.05) is 31.1 Å². The molecule has 0 atom stereocenters. The van der Waals surface area contributed by atoms with Crippen molar-refractivity contribution in [3.8, 4) is 0 Å². The summed E-state index contributed by atoms with van der Waals surface area (Å²) in [4.78, 5) is 15.8. The standard InChI is InChI=1S/C21H25N3O2S/c1-21(2,3)17-6-4-16(5-7-17)20(27)23-14-12-22(13-15-23)18-8-10-19(11-9-18)24(25)26/h4-11H,12-15H2,1-3H3. The first-order valence-corrected chi connectivity index (χ1v) is 9.56. The fraction of sp³-hybridized carbons (Fsp3) is 0.381. The van der Waals surface area contributed by atoms with Crippen molar-refractivity contribution in [1.29, 1.82) is 0 Å². The van der Waals surface area contributed by atoms with E-state index in [1.807, 2.05) is 12.1 Å². The molecule has 0 aromatic heterocycles. The third-order valence-corrected chi connectivity index (χ3v) is 5.48. The number of nitrogens with zero attached hydrogens (tertiary/aromatic N) is 3. The van der Waals surface area contributed by atoms with Crippen LogP contribution < -0.4 is 4.90 Å². The third-order valence-electron chi connectivity index (χ3n) is 4.99. The summed E-state index contributed by atoms with van der Waals surface area (Å²) in [5, 5.41) is 10.8. The molecule has 0 aliphatic carbocycles. The number of benzene rings is 2. The summed E-state index contributed by atoms with van der Waals surface area (Å²) in [5.41, 5.74) is 3.66. The number of nitro benzene ring substituents is 1. The summed E-state index contributed by atoms with van der Waals surface area (Å²) in [6.07, 6.45) is 0. The van der Waals surface area contributed by atoms with Gasteiger partial charge in [0.25, 0.3) is 5.69 Å². The maximum atomic E-state index is 10.8. The Morgan fingerprint density at radius 1 is 0.963 bits per heavy atom. The molecule has 5 nitrogen and oxygen atoms in total. The van der Waals surface area contributed by atoms with Gasteiger partial charge in [-0.05, 0) is 23.1 Å². The number of anilines is 1. The van der Waals surface area contributed by atoms with Gasteiger partial charge in [0, 0.05) is 49.6 Å². The molecule has 27 heavy (non-hydrogen) atoms. The maximum Gasteiger partial charge on any atom is 0.269 e. The van der Waals surface area contributed by atoms with Gasteiger partial charge in [-0.3, -0.25) is 10.1 Å². The van der Waals surface area contributed by atoms with E-state index >= 15 is 0 Å². The van der Waals surface area contributed by atoms with E-state index in [4.69, 9.17) is 12.2 Å². The number of hydrogen-bond acceptors (Lipinski definition) is 4. The summed E-state index contributed by atoms with van der Waals surface area (Å²) in [6.45, 7) is 10.00. The van der Waals surface area contributed by atoms with Gasteiger partial charge in [0.05, 0.1) is 4.92 Å². The zero-order chi connectivity index (χ0) is 19.6. The lowest BCUT2D eigenvalue weighted by molar-refractivity contribution is -0.384. The van der Waals surface area contributed by atoms with Crippen LogP contribution in [0.15, 0.2) is 48.5 Å². The van der Waals surface area contributed by atoms with Gasteiger partial charge in [-0.15, -0.1) is 0 Å². The molecule has 0 spiro atoms. The third kappa shape index (κ3) is 4.45. The molecular formula is C21H25N3O2S. The molecule has 3 rings (SSSR count). The number of piperazine rings is 1. The van der Waals surface area contributed by atoms with Crippen LogP contribution in [0.5, 0.6) is 0 Å². The Morgan fingerprint density at radius 3 is 2.00 bits per heavy atom. The molecule has 2 aromatic rings. The Kier molecular flexibility index (Phi) is 5.46. The van der Waals surface area contributed by atoms with E-state index in [0.717, 1.165) is 42.4 Å². The minimum Gasteiger partial charge on any atom is -0.368 e. The fourth-order valence-corrected chi connectivity index (χ4v) is 3.57. The van der Waals surface area contributed by atoms with E-state index in [-0.39, 0.29) is 16.0 Å². The molecule has 1 heterocycles. The van der Waals surface area contributed by atoms with Crippen LogP contribution >= 0.6 is 12.2 Å². The van der Waals surface area contributed by atoms with Crippen LogP contribution in [0.4, 0.5) is 11.4 Å². The fourth-order valence-electron chi connectivity index (χ4n) is 3.25. The summed E-state index contributed by atoms with van der Waals surface area (Å²) in [6, 6.07) is 15.3. The molecule has 2 aromatic carbocycles. The van der Waals surface area contributed by atoms with Gasteiger partial charge in [0.15, 0.2) is 0 Å². The number of hydrogen-bond donors (Lipinski definition) is 0. The van der Waals surface area contributed by atoms with Crippen molar-refractivity contribution < 1.29 is 4.92 Å². The second kappa shape index (κ2) is 7.64. The van der Waals surface area contributed by atoms with Crippen molar-refractivity contribution in [1.82, 2.24) is 4.90 Å². The highest BCUT2D eigenvalue weighted by molar-refractivity contribution is 7.80. The molecule has 0 amide bonds. The van der Waals surface area contributed by atoms with Crippen molar-refractivity contribution in [2.24, 2.45) is 0 Å². The number of thiocarbonyl (C=S) groups is 1. The average molecular weight is 384 g/mol. The van der Waals surface area contributed by atoms with E-state index in [9.17, 15) is 10.1 Å². The van der Waals surface area contributed by atoms with Gasteiger partial charge in [-0.25, -0.2) is 0 Å². The van der Waals surface area contributed by atoms with E-state index in [1.165, 1.54) is 5.56 Å². The van der Waals surface area contributed by atoms with Crippen molar-refractivity contribution >= 4 is 28.6 Å². The molecule has 0 N–H and O–H groups in total. The quantitative estimate of drug-likeness (QED) is 0.447. The summed E-state index contributed by atoms with van der Waals surface area (Å²) in [7, 11) is 0. The first-order chi connectivity index (χ1) is 12.8.